The van der Waals surface area contributed by atoms with Crippen molar-refractivity contribution in [3.63, 3.8) is 0 Å². The number of ether oxygens (including phenoxy) is 2. The van der Waals surface area contributed by atoms with Gasteiger partial charge in [-0.15, -0.1) is 11.3 Å². The lowest BCUT2D eigenvalue weighted by atomic mass is 9.96. The molecule has 128 valence electrons. The van der Waals surface area contributed by atoms with E-state index in [4.69, 9.17) is 9.47 Å². The van der Waals surface area contributed by atoms with Crippen LogP contribution in [-0.2, 0) is 15.9 Å². The van der Waals surface area contributed by atoms with E-state index in [9.17, 15) is 4.39 Å². The highest BCUT2D eigenvalue weighted by Crippen LogP contribution is 2.43. The van der Waals surface area contributed by atoms with Gasteiger partial charge in [0.25, 0.3) is 0 Å². The van der Waals surface area contributed by atoms with Gasteiger partial charge in [0, 0.05) is 22.4 Å². The standard InChI is InChI=1S/C21H19FO2S/c1-12-21-19(24-21)11-18(23-12)13-6-7-17(22)15(8-13)10-16-9-14-4-2-3-5-20(14)25-16/h2-9,12,18-19,21H,10-11H2,1H3. The molecule has 2 saturated heterocycles. The molecule has 4 atom stereocenters. The first kappa shape index (κ1) is 15.5. The highest BCUT2D eigenvalue weighted by atomic mass is 32.1. The van der Waals surface area contributed by atoms with Gasteiger partial charge in [-0.05, 0) is 47.7 Å². The molecule has 1 aromatic heterocycles. The average Bonchev–Trinajstić information content (AvgIpc) is 3.28. The van der Waals surface area contributed by atoms with E-state index in [1.165, 1.54) is 15.0 Å². The van der Waals surface area contributed by atoms with Crippen LogP contribution in [-0.4, -0.2) is 18.3 Å². The predicted molar refractivity (Wildman–Crippen MR) is 97.6 cm³/mol. The Morgan fingerprint density at radius 2 is 2.00 bits per heavy atom. The summed E-state index contributed by atoms with van der Waals surface area (Å²) in [6.07, 6.45) is 2.16. The van der Waals surface area contributed by atoms with Crippen molar-refractivity contribution in [2.75, 3.05) is 0 Å². The predicted octanol–water partition coefficient (Wildman–Crippen LogP) is 5.25. The highest BCUT2D eigenvalue weighted by molar-refractivity contribution is 7.19. The van der Waals surface area contributed by atoms with Gasteiger partial charge in [-0.25, -0.2) is 4.39 Å². The molecule has 25 heavy (non-hydrogen) atoms. The number of thiophene rings is 1. The second-order valence-electron chi connectivity index (χ2n) is 6.98. The quantitative estimate of drug-likeness (QED) is 0.599. The van der Waals surface area contributed by atoms with Crippen LogP contribution < -0.4 is 0 Å². The SMILES string of the molecule is CC1OC(c2ccc(F)c(Cc3cc4ccccc4s3)c2)CC2OC12. The Morgan fingerprint density at radius 3 is 2.84 bits per heavy atom. The normalized spacial score (nSPS) is 28.1. The summed E-state index contributed by atoms with van der Waals surface area (Å²) in [6.45, 7) is 2.05. The van der Waals surface area contributed by atoms with E-state index >= 15 is 0 Å². The third-order valence-electron chi connectivity index (χ3n) is 5.19. The molecule has 2 fully saturated rings. The fourth-order valence-electron chi connectivity index (χ4n) is 3.82. The van der Waals surface area contributed by atoms with Crippen molar-refractivity contribution in [1.29, 1.82) is 0 Å². The molecule has 3 aromatic rings. The molecule has 4 heteroatoms. The van der Waals surface area contributed by atoms with Crippen molar-refractivity contribution in [2.24, 2.45) is 0 Å². The molecule has 5 rings (SSSR count). The lowest BCUT2D eigenvalue weighted by Gasteiger charge is -2.25. The van der Waals surface area contributed by atoms with Crippen LogP contribution in [0.1, 0.15) is 35.5 Å². The van der Waals surface area contributed by atoms with Crippen LogP contribution in [0.15, 0.2) is 48.5 Å². The molecule has 0 bridgehead atoms. The number of rotatable bonds is 3. The van der Waals surface area contributed by atoms with Crippen LogP contribution in [0.3, 0.4) is 0 Å². The highest BCUT2D eigenvalue weighted by Gasteiger charge is 2.49. The zero-order valence-electron chi connectivity index (χ0n) is 13.9. The Hall–Kier alpha value is -1.75. The Balaban J connectivity index is 1.42. The minimum Gasteiger partial charge on any atom is -0.368 e. The fourth-order valence-corrected chi connectivity index (χ4v) is 4.91. The Labute approximate surface area is 150 Å². The molecule has 0 amide bonds. The third-order valence-corrected chi connectivity index (χ3v) is 6.31. The van der Waals surface area contributed by atoms with Crippen molar-refractivity contribution in [2.45, 2.75) is 44.2 Å². The summed E-state index contributed by atoms with van der Waals surface area (Å²) in [7, 11) is 0. The Kier molecular flexibility index (Phi) is 3.66. The molecule has 2 nitrogen and oxygen atoms in total. The lowest BCUT2D eigenvalue weighted by Crippen LogP contribution is -2.27. The summed E-state index contributed by atoms with van der Waals surface area (Å²) in [5, 5.41) is 1.22. The van der Waals surface area contributed by atoms with Crippen LogP contribution in [0.25, 0.3) is 10.1 Å². The number of halogens is 1. The summed E-state index contributed by atoms with van der Waals surface area (Å²) in [6, 6.07) is 15.8. The zero-order chi connectivity index (χ0) is 17.0. The molecule has 0 spiro atoms. The molecule has 4 unspecified atom stereocenters. The molecular formula is C21H19FO2S. The van der Waals surface area contributed by atoms with Gasteiger partial charge in [0.05, 0.1) is 18.3 Å². The largest absolute Gasteiger partial charge is 0.368 e. The van der Waals surface area contributed by atoms with Crippen LogP contribution in [0.4, 0.5) is 4.39 Å². The number of benzene rings is 2. The van der Waals surface area contributed by atoms with Gasteiger partial charge in [0.2, 0.25) is 0 Å². The van der Waals surface area contributed by atoms with Gasteiger partial charge in [0.1, 0.15) is 11.9 Å². The molecule has 0 aliphatic carbocycles. The summed E-state index contributed by atoms with van der Waals surface area (Å²) in [5.74, 6) is -0.148. The monoisotopic (exact) mass is 354 g/mol. The van der Waals surface area contributed by atoms with Crippen molar-refractivity contribution in [3.05, 3.63) is 70.4 Å². The van der Waals surface area contributed by atoms with Gasteiger partial charge < -0.3 is 9.47 Å². The summed E-state index contributed by atoms with van der Waals surface area (Å²) < 4.78 is 27.3. The van der Waals surface area contributed by atoms with Gasteiger partial charge in [-0.3, -0.25) is 0 Å². The molecule has 2 aliphatic rings. The number of epoxide rings is 1. The van der Waals surface area contributed by atoms with Crippen LogP contribution >= 0.6 is 11.3 Å². The van der Waals surface area contributed by atoms with E-state index in [1.807, 2.05) is 24.3 Å². The second-order valence-corrected chi connectivity index (χ2v) is 8.15. The first-order valence-corrected chi connectivity index (χ1v) is 9.56. The topological polar surface area (TPSA) is 21.8 Å². The Morgan fingerprint density at radius 1 is 1.12 bits per heavy atom. The average molecular weight is 354 g/mol. The number of hydrogen-bond acceptors (Lipinski definition) is 3. The first-order chi connectivity index (χ1) is 12.2. The van der Waals surface area contributed by atoms with Gasteiger partial charge >= 0.3 is 0 Å². The summed E-state index contributed by atoms with van der Waals surface area (Å²) in [4.78, 5) is 1.18. The molecule has 2 aliphatic heterocycles. The maximum atomic E-state index is 14.4. The van der Waals surface area contributed by atoms with Crippen LogP contribution in [0, 0.1) is 5.82 Å². The van der Waals surface area contributed by atoms with E-state index in [2.05, 4.69) is 25.1 Å². The van der Waals surface area contributed by atoms with E-state index in [0.717, 1.165) is 17.5 Å². The van der Waals surface area contributed by atoms with Crippen molar-refractivity contribution >= 4 is 21.4 Å². The van der Waals surface area contributed by atoms with Gasteiger partial charge in [-0.2, -0.15) is 0 Å². The number of hydrogen-bond donors (Lipinski definition) is 0. The van der Waals surface area contributed by atoms with Crippen molar-refractivity contribution in [1.82, 2.24) is 0 Å². The maximum absolute atomic E-state index is 14.4. The van der Waals surface area contributed by atoms with Crippen LogP contribution in [0.5, 0.6) is 0 Å². The van der Waals surface area contributed by atoms with E-state index in [1.54, 1.807) is 17.4 Å². The first-order valence-electron chi connectivity index (χ1n) is 8.74. The molecule has 0 N–H and O–H groups in total. The van der Waals surface area contributed by atoms with Crippen molar-refractivity contribution in [3.8, 4) is 0 Å². The minimum atomic E-state index is -0.148. The second kappa shape index (κ2) is 5.90. The minimum absolute atomic E-state index is 0.000470. The molecular weight excluding hydrogens is 335 g/mol. The molecule has 0 saturated carbocycles. The number of fused-ring (bicyclic) bond motifs is 2. The van der Waals surface area contributed by atoms with E-state index in [0.29, 0.717) is 12.5 Å². The summed E-state index contributed by atoms with van der Waals surface area (Å²) in [5.41, 5.74) is 1.79. The summed E-state index contributed by atoms with van der Waals surface area (Å²) >= 11 is 1.73. The van der Waals surface area contributed by atoms with Gasteiger partial charge in [-0.1, -0.05) is 24.3 Å². The Bertz CT molecular complexity index is 902. The third kappa shape index (κ3) is 2.88. The fraction of sp³-hybridized carbons (Fsp3) is 0.333. The van der Waals surface area contributed by atoms with E-state index < -0.39 is 0 Å². The molecule has 2 aromatic carbocycles. The zero-order valence-corrected chi connectivity index (χ0v) is 14.8. The van der Waals surface area contributed by atoms with Gasteiger partial charge in [0.15, 0.2) is 0 Å². The van der Waals surface area contributed by atoms with E-state index in [-0.39, 0.29) is 24.1 Å². The lowest BCUT2D eigenvalue weighted by molar-refractivity contribution is -0.0291. The smallest absolute Gasteiger partial charge is 0.126 e. The molecule has 0 radical (unpaired) electrons. The molecule has 3 heterocycles. The van der Waals surface area contributed by atoms with Crippen LogP contribution in [0.2, 0.25) is 0 Å². The maximum Gasteiger partial charge on any atom is 0.126 e. The van der Waals surface area contributed by atoms with Crippen molar-refractivity contribution < 1.29 is 13.9 Å².